The number of nitrogens with zero attached hydrogens (tertiary/aromatic N) is 2. The Morgan fingerprint density at radius 2 is 2.35 bits per heavy atom. The Morgan fingerprint density at radius 1 is 1.59 bits per heavy atom. The summed E-state index contributed by atoms with van der Waals surface area (Å²) >= 11 is 0. The van der Waals surface area contributed by atoms with Gasteiger partial charge in [-0.1, -0.05) is 13.8 Å². The van der Waals surface area contributed by atoms with Gasteiger partial charge in [-0.3, -0.25) is 15.2 Å². The summed E-state index contributed by atoms with van der Waals surface area (Å²) in [7, 11) is 0. The summed E-state index contributed by atoms with van der Waals surface area (Å²) in [4.78, 5) is 15.6. The topological polar surface area (TPSA) is 79.9 Å². The van der Waals surface area contributed by atoms with E-state index < -0.39 is 0 Å². The molecule has 1 fully saturated rings. The van der Waals surface area contributed by atoms with E-state index >= 15 is 0 Å². The van der Waals surface area contributed by atoms with Crippen LogP contribution >= 0.6 is 0 Å². The number of nitrogens with one attached hydrogen (secondary N) is 2. The smallest absolute Gasteiger partial charge is 0.252 e. The van der Waals surface area contributed by atoms with Crippen LogP contribution < -0.4 is 5.32 Å². The first kappa shape index (κ1) is 12.0. The fraction of sp³-hybridized carbons (Fsp3) is 0.727. The highest BCUT2D eigenvalue weighted by atomic mass is 16.5. The molecule has 1 aliphatic rings. The largest absolute Gasteiger partial charge is 0.371 e. The van der Waals surface area contributed by atoms with Crippen molar-refractivity contribution in [2.75, 3.05) is 18.5 Å². The molecule has 0 aliphatic heterocycles. The summed E-state index contributed by atoms with van der Waals surface area (Å²) in [5, 5.41) is 9.28. The van der Waals surface area contributed by atoms with Gasteiger partial charge in [0.1, 0.15) is 12.4 Å². The number of amides is 1. The van der Waals surface area contributed by atoms with Crippen molar-refractivity contribution in [2.45, 2.75) is 32.6 Å². The second-order valence-corrected chi connectivity index (χ2v) is 4.71. The van der Waals surface area contributed by atoms with Crippen molar-refractivity contribution in [3.63, 3.8) is 0 Å². The maximum Gasteiger partial charge on any atom is 0.252 e. The summed E-state index contributed by atoms with van der Waals surface area (Å²) in [6, 6.07) is 0. The monoisotopic (exact) mass is 238 g/mol. The van der Waals surface area contributed by atoms with Gasteiger partial charge in [0.15, 0.2) is 0 Å². The molecule has 2 rings (SSSR count). The van der Waals surface area contributed by atoms with Gasteiger partial charge in [-0.05, 0) is 18.8 Å². The highest BCUT2D eigenvalue weighted by Gasteiger charge is 2.21. The lowest BCUT2D eigenvalue weighted by Gasteiger charge is -2.02. The summed E-state index contributed by atoms with van der Waals surface area (Å²) in [5.74, 6) is 1.80. The lowest BCUT2D eigenvalue weighted by atomic mass is 10.2. The van der Waals surface area contributed by atoms with Crippen LogP contribution in [0.3, 0.4) is 0 Å². The lowest BCUT2D eigenvalue weighted by Crippen LogP contribution is -2.19. The molecule has 0 saturated heterocycles. The predicted octanol–water partition coefficient (Wildman–Crippen LogP) is 1.29. The van der Waals surface area contributed by atoms with Gasteiger partial charge in [-0.15, -0.1) is 5.10 Å². The molecule has 0 bridgehead atoms. The number of ether oxygens (including phenoxy) is 1. The van der Waals surface area contributed by atoms with Crippen molar-refractivity contribution in [2.24, 2.45) is 5.92 Å². The zero-order valence-corrected chi connectivity index (χ0v) is 10.2. The molecule has 94 valence electrons. The Bertz CT molecular complexity index is 385. The Balaban J connectivity index is 1.72. The molecule has 1 amide bonds. The van der Waals surface area contributed by atoms with E-state index in [0.29, 0.717) is 18.5 Å². The summed E-state index contributed by atoms with van der Waals surface area (Å²) in [6.07, 6.45) is 2.45. The minimum atomic E-state index is -0.208. The van der Waals surface area contributed by atoms with Gasteiger partial charge in [0.25, 0.3) is 5.91 Å². The number of H-pyrrole nitrogens is 1. The molecule has 1 aromatic heterocycles. The number of carbonyl (C=O) groups is 1. The van der Waals surface area contributed by atoms with E-state index in [9.17, 15) is 4.79 Å². The molecule has 1 saturated carbocycles. The third-order valence-corrected chi connectivity index (χ3v) is 2.58. The van der Waals surface area contributed by atoms with Crippen LogP contribution in [0.4, 0.5) is 5.95 Å². The number of rotatable bonds is 6. The number of aromatic nitrogens is 3. The molecule has 1 aliphatic carbocycles. The number of carbonyl (C=O) groups excluding carboxylic acids is 1. The maximum atomic E-state index is 11.5. The van der Waals surface area contributed by atoms with Crippen LogP contribution in [0.25, 0.3) is 0 Å². The molecule has 6 heteroatoms. The summed E-state index contributed by atoms with van der Waals surface area (Å²) in [5.41, 5.74) is 0. The summed E-state index contributed by atoms with van der Waals surface area (Å²) < 4.78 is 5.27. The molecule has 6 nitrogen and oxygen atoms in total. The van der Waals surface area contributed by atoms with E-state index in [-0.39, 0.29) is 18.4 Å². The number of anilines is 1. The van der Waals surface area contributed by atoms with Gasteiger partial charge < -0.3 is 4.74 Å². The molecule has 1 heterocycles. The minimum Gasteiger partial charge on any atom is -0.371 e. The van der Waals surface area contributed by atoms with E-state index in [1.165, 1.54) is 12.8 Å². The second kappa shape index (κ2) is 5.27. The van der Waals surface area contributed by atoms with Crippen molar-refractivity contribution in [1.29, 1.82) is 0 Å². The predicted molar refractivity (Wildman–Crippen MR) is 62.6 cm³/mol. The van der Waals surface area contributed by atoms with E-state index in [2.05, 4.69) is 20.5 Å². The minimum absolute atomic E-state index is 0.0715. The van der Waals surface area contributed by atoms with E-state index in [0.717, 1.165) is 5.82 Å². The zero-order chi connectivity index (χ0) is 12.3. The van der Waals surface area contributed by atoms with E-state index in [4.69, 9.17) is 4.74 Å². The third-order valence-electron chi connectivity index (χ3n) is 2.58. The van der Waals surface area contributed by atoms with Gasteiger partial charge in [-0.2, -0.15) is 4.98 Å². The second-order valence-electron chi connectivity index (χ2n) is 4.71. The lowest BCUT2D eigenvalue weighted by molar-refractivity contribution is -0.120. The quantitative estimate of drug-likeness (QED) is 0.782. The number of hydrogen-bond acceptors (Lipinski definition) is 4. The maximum absolute atomic E-state index is 11.5. The van der Waals surface area contributed by atoms with Gasteiger partial charge in [-0.25, -0.2) is 0 Å². The first-order chi connectivity index (χ1) is 8.15. The van der Waals surface area contributed by atoms with Crippen LogP contribution in [0, 0.1) is 5.92 Å². The normalized spacial score (nSPS) is 15.2. The molecule has 0 spiro atoms. The van der Waals surface area contributed by atoms with Crippen LogP contribution in [-0.4, -0.2) is 34.3 Å². The molecular weight excluding hydrogens is 220 g/mol. The molecule has 0 aromatic carbocycles. The highest BCUT2D eigenvalue weighted by molar-refractivity contribution is 5.89. The Labute approximate surface area is 100 Å². The molecule has 0 radical (unpaired) electrons. The fourth-order valence-corrected chi connectivity index (χ4v) is 1.35. The van der Waals surface area contributed by atoms with Crippen LogP contribution in [-0.2, 0) is 9.53 Å². The molecule has 17 heavy (non-hydrogen) atoms. The number of aromatic amines is 1. The fourth-order valence-electron chi connectivity index (χ4n) is 1.35. The standard InChI is InChI=1S/C11H18N4O2/c1-7(2)10-13-11(15-14-10)12-9(16)6-17-5-8-3-4-8/h7-8H,3-6H2,1-2H3,(H2,12,13,14,15,16). The molecular formula is C11H18N4O2. The third kappa shape index (κ3) is 3.81. The SMILES string of the molecule is CC(C)c1nc(NC(=O)COCC2CC2)n[nH]1. The molecule has 0 atom stereocenters. The van der Waals surface area contributed by atoms with Crippen molar-refractivity contribution in [3.8, 4) is 0 Å². The van der Waals surface area contributed by atoms with Gasteiger partial charge in [0.2, 0.25) is 5.95 Å². The number of hydrogen-bond donors (Lipinski definition) is 2. The van der Waals surface area contributed by atoms with Gasteiger partial charge >= 0.3 is 0 Å². The van der Waals surface area contributed by atoms with E-state index in [1.807, 2.05) is 13.8 Å². The molecule has 2 N–H and O–H groups in total. The van der Waals surface area contributed by atoms with E-state index in [1.54, 1.807) is 0 Å². The van der Waals surface area contributed by atoms with Crippen LogP contribution in [0.2, 0.25) is 0 Å². The van der Waals surface area contributed by atoms with Crippen molar-refractivity contribution >= 4 is 11.9 Å². The molecule has 1 aromatic rings. The Kier molecular flexibility index (Phi) is 3.73. The Hall–Kier alpha value is -1.43. The average Bonchev–Trinajstić information content (AvgIpc) is 2.96. The van der Waals surface area contributed by atoms with Crippen molar-refractivity contribution in [1.82, 2.24) is 15.2 Å². The average molecular weight is 238 g/mol. The van der Waals surface area contributed by atoms with Gasteiger partial charge in [0, 0.05) is 5.92 Å². The zero-order valence-electron chi connectivity index (χ0n) is 10.2. The Morgan fingerprint density at radius 3 is 2.94 bits per heavy atom. The van der Waals surface area contributed by atoms with Crippen LogP contribution in [0.5, 0.6) is 0 Å². The summed E-state index contributed by atoms with van der Waals surface area (Å²) in [6.45, 7) is 4.76. The van der Waals surface area contributed by atoms with Gasteiger partial charge in [0.05, 0.1) is 6.61 Å². The first-order valence-corrected chi connectivity index (χ1v) is 5.95. The molecule has 0 unspecified atom stereocenters. The van der Waals surface area contributed by atoms with Crippen LogP contribution in [0.15, 0.2) is 0 Å². The first-order valence-electron chi connectivity index (χ1n) is 5.95. The van der Waals surface area contributed by atoms with Crippen LogP contribution in [0.1, 0.15) is 38.4 Å². The van der Waals surface area contributed by atoms with Crippen molar-refractivity contribution in [3.05, 3.63) is 5.82 Å². The highest BCUT2D eigenvalue weighted by Crippen LogP contribution is 2.28. The van der Waals surface area contributed by atoms with Crippen molar-refractivity contribution < 1.29 is 9.53 Å².